The lowest BCUT2D eigenvalue weighted by molar-refractivity contribution is -0.134. The molecule has 0 unspecified atom stereocenters. The number of ketones is 1. The van der Waals surface area contributed by atoms with E-state index < -0.39 is 0 Å². The molecule has 2 aromatic rings. The average molecular weight is 342 g/mol. The summed E-state index contributed by atoms with van der Waals surface area (Å²) in [4.78, 5) is 33.2. The first-order valence-electron chi connectivity index (χ1n) is 8.41. The van der Waals surface area contributed by atoms with Crippen LogP contribution in [0.3, 0.4) is 0 Å². The molecule has 0 fully saturated rings. The Labute approximate surface area is 149 Å². The molecule has 134 valence electrons. The number of Topliss-reactive ketones (excluding diaryl/α,β-unsaturated/α-hetero) is 1. The largest absolute Gasteiger partial charge is 0.330 e. The summed E-state index contributed by atoms with van der Waals surface area (Å²) in [5, 5.41) is 3.10. The van der Waals surface area contributed by atoms with Crippen molar-refractivity contribution in [2.45, 2.75) is 33.9 Å². The molecule has 25 heavy (non-hydrogen) atoms. The summed E-state index contributed by atoms with van der Waals surface area (Å²) in [6.45, 7) is 6.76. The van der Waals surface area contributed by atoms with Crippen molar-refractivity contribution in [1.82, 2.24) is 20.2 Å². The van der Waals surface area contributed by atoms with E-state index in [0.29, 0.717) is 13.1 Å². The van der Waals surface area contributed by atoms with Crippen molar-refractivity contribution < 1.29 is 9.59 Å². The predicted octanol–water partition coefficient (Wildman–Crippen LogP) is 2.21. The molecule has 0 atom stereocenters. The molecule has 0 saturated carbocycles. The number of hydrogen-bond acceptors (Lipinski definition) is 5. The third-order valence-corrected chi connectivity index (χ3v) is 3.24. The minimum Gasteiger partial charge on any atom is -0.330 e. The zero-order valence-corrected chi connectivity index (χ0v) is 15.1. The Kier molecular flexibility index (Phi) is 9.70. The average Bonchev–Trinajstić information content (AvgIpc) is 2.64. The summed E-state index contributed by atoms with van der Waals surface area (Å²) in [5.74, 6) is -0.146. The molecule has 0 bridgehead atoms. The van der Waals surface area contributed by atoms with Gasteiger partial charge in [-0.3, -0.25) is 19.6 Å². The van der Waals surface area contributed by atoms with Gasteiger partial charge in [-0.15, -0.1) is 0 Å². The van der Waals surface area contributed by atoms with Gasteiger partial charge in [-0.05, 0) is 42.3 Å². The van der Waals surface area contributed by atoms with Crippen LogP contribution in [-0.4, -0.2) is 39.6 Å². The third kappa shape index (κ3) is 8.17. The molecule has 0 aliphatic rings. The fourth-order valence-corrected chi connectivity index (χ4v) is 2.14. The molecule has 2 aromatic heterocycles. The zero-order valence-electron chi connectivity index (χ0n) is 15.1. The van der Waals surface area contributed by atoms with Gasteiger partial charge in [0.25, 0.3) is 0 Å². The summed E-state index contributed by atoms with van der Waals surface area (Å²) in [6.07, 6.45) is 6.77. The van der Waals surface area contributed by atoms with Crippen molar-refractivity contribution in [3.8, 4) is 0 Å². The van der Waals surface area contributed by atoms with Crippen LogP contribution in [0, 0.1) is 0 Å². The molecule has 2 heterocycles. The SMILES string of the molecule is CC.CC(=O)CN(Cc1ccncc1)C(=O)CNCc1ccncc1. The van der Waals surface area contributed by atoms with Gasteiger partial charge in [0.15, 0.2) is 0 Å². The summed E-state index contributed by atoms with van der Waals surface area (Å²) in [5.41, 5.74) is 2.00. The van der Waals surface area contributed by atoms with Gasteiger partial charge in [0.2, 0.25) is 5.91 Å². The fourth-order valence-electron chi connectivity index (χ4n) is 2.14. The van der Waals surface area contributed by atoms with E-state index in [1.54, 1.807) is 29.7 Å². The van der Waals surface area contributed by atoms with Gasteiger partial charge in [-0.1, -0.05) is 13.8 Å². The lowest BCUT2D eigenvalue weighted by atomic mass is 10.2. The van der Waals surface area contributed by atoms with Gasteiger partial charge in [0, 0.05) is 37.9 Å². The molecular formula is C19H26N4O2. The van der Waals surface area contributed by atoms with E-state index in [-0.39, 0.29) is 24.8 Å². The van der Waals surface area contributed by atoms with Gasteiger partial charge < -0.3 is 10.2 Å². The Morgan fingerprint density at radius 3 is 2.00 bits per heavy atom. The lowest BCUT2D eigenvalue weighted by Crippen LogP contribution is -2.40. The van der Waals surface area contributed by atoms with Crippen molar-refractivity contribution in [3.05, 3.63) is 60.2 Å². The topological polar surface area (TPSA) is 75.2 Å². The van der Waals surface area contributed by atoms with E-state index in [9.17, 15) is 9.59 Å². The maximum atomic E-state index is 12.4. The number of nitrogens with zero attached hydrogens (tertiary/aromatic N) is 3. The highest BCUT2D eigenvalue weighted by Gasteiger charge is 2.15. The van der Waals surface area contributed by atoms with Gasteiger partial charge in [0.05, 0.1) is 13.1 Å². The Balaban J connectivity index is 0.00000151. The lowest BCUT2D eigenvalue weighted by Gasteiger charge is -2.21. The number of aromatic nitrogens is 2. The van der Waals surface area contributed by atoms with Crippen molar-refractivity contribution in [3.63, 3.8) is 0 Å². The third-order valence-electron chi connectivity index (χ3n) is 3.24. The minimum absolute atomic E-state index is 0.0402. The van der Waals surface area contributed by atoms with Crippen LogP contribution in [0.25, 0.3) is 0 Å². The van der Waals surface area contributed by atoms with Crippen molar-refractivity contribution in [2.75, 3.05) is 13.1 Å². The standard InChI is InChI=1S/C17H20N4O2.C2H6/c1-14(22)12-21(13-16-4-8-19-9-5-16)17(23)11-20-10-15-2-6-18-7-3-15;1-2/h2-9,20H,10-13H2,1H3;1-2H3. The maximum Gasteiger partial charge on any atom is 0.237 e. The van der Waals surface area contributed by atoms with Gasteiger partial charge in [-0.25, -0.2) is 0 Å². The summed E-state index contributed by atoms with van der Waals surface area (Å²) in [6, 6.07) is 7.46. The molecule has 6 nitrogen and oxygen atoms in total. The molecule has 0 spiro atoms. The molecule has 0 aromatic carbocycles. The van der Waals surface area contributed by atoms with E-state index in [1.807, 2.05) is 38.1 Å². The van der Waals surface area contributed by atoms with E-state index in [0.717, 1.165) is 11.1 Å². The van der Waals surface area contributed by atoms with Crippen molar-refractivity contribution >= 4 is 11.7 Å². The van der Waals surface area contributed by atoms with Crippen LogP contribution in [-0.2, 0) is 22.7 Å². The number of pyridine rings is 2. The van der Waals surface area contributed by atoms with E-state index >= 15 is 0 Å². The molecule has 2 rings (SSSR count). The second kappa shape index (κ2) is 11.9. The Morgan fingerprint density at radius 1 is 0.960 bits per heavy atom. The van der Waals surface area contributed by atoms with Gasteiger partial charge in [-0.2, -0.15) is 0 Å². The smallest absolute Gasteiger partial charge is 0.237 e. The Bertz CT molecular complexity index is 632. The number of carbonyl (C=O) groups excluding carboxylic acids is 2. The van der Waals surface area contributed by atoms with Gasteiger partial charge >= 0.3 is 0 Å². The van der Waals surface area contributed by atoms with Crippen molar-refractivity contribution in [1.29, 1.82) is 0 Å². The van der Waals surface area contributed by atoms with E-state index in [1.165, 1.54) is 6.92 Å². The summed E-state index contributed by atoms with van der Waals surface area (Å²) >= 11 is 0. The van der Waals surface area contributed by atoms with E-state index in [4.69, 9.17) is 0 Å². The Morgan fingerprint density at radius 2 is 1.48 bits per heavy atom. The zero-order chi connectivity index (χ0) is 18.5. The van der Waals surface area contributed by atoms with Gasteiger partial charge in [0.1, 0.15) is 5.78 Å². The molecular weight excluding hydrogens is 316 g/mol. The summed E-state index contributed by atoms with van der Waals surface area (Å²) < 4.78 is 0. The van der Waals surface area contributed by atoms with Crippen LogP contribution in [0.5, 0.6) is 0 Å². The Hall–Kier alpha value is -2.60. The molecule has 0 saturated heterocycles. The van der Waals surface area contributed by atoms with Crippen LogP contribution < -0.4 is 5.32 Å². The fraction of sp³-hybridized carbons (Fsp3) is 0.368. The number of carbonyl (C=O) groups is 2. The summed E-state index contributed by atoms with van der Waals surface area (Å²) in [7, 11) is 0. The molecule has 6 heteroatoms. The van der Waals surface area contributed by atoms with Crippen LogP contribution in [0.1, 0.15) is 31.9 Å². The highest BCUT2D eigenvalue weighted by Crippen LogP contribution is 2.04. The van der Waals surface area contributed by atoms with E-state index in [2.05, 4.69) is 15.3 Å². The molecule has 0 aliphatic carbocycles. The second-order valence-electron chi connectivity index (χ2n) is 5.27. The minimum atomic E-state index is -0.105. The molecule has 1 amide bonds. The quantitative estimate of drug-likeness (QED) is 0.796. The number of amides is 1. The first-order chi connectivity index (χ1) is 12.1. The first-order valence-corrected chi connectivity index (χ1v) is 8.41. The van der Waals surface area contributed by atoms with Crippen LogP contribution in [0.15, 0.2) is 49.1 Å². The van der Waals surface area contributed by atoms with Crippen LogP contribution in [0.2, 0.25) is 0 Å². The normalized spacial score (nSPS) is 9.72. The second-order valence-corrected chi connectivity index (χ2v) is 5.27. The molecule has 0 aliphatic heterocycles. The molecule has 0 radical (unpaired) electrons. The highest BCUT2D eigenvalue weighted by atomic mass is 16.2. The monoisotopic (exact) mass is 342 g/mol. The highest BCUT2D eigenvalue weighted by molar-refractivity contribution is 5.85. The molecule has 1 N–H and O–H groups in total. The predicted molar refractivity (Wildman–Crippen MR) is 97.6 cm³/mol. The number of hydrogen-bond donors (Lipinski definition) is 1. The van der Waals surface area contributed by atoms with Crippen molar-refractivity contribution in [2.24, 2.45) is 0 Å². The van der Waals surface area contributed by atoms with Crippen LogP contribution >= 0.6 is 0 Å². The number of rotatable bonds is 8. The maximum absolute atomic E-state index is 12.4. The van der Waals surface area contributed by atoms with Crippen LogP contribution in [0.4, 0.5) is 0 Å². The number of nitrogens with one attached hydrogen (secondary N) is 1. The first kappa shape index (κ1) is 20.4.